The lowest BCUT2D eigenvalue weighted by Crippen LogP contribution is -2.29. The molecule has 0 saturated carbocycles. The highest BCUT2D eigenvalue weighted by atomic mass is 32.2. The van der Waals surface area contributed by atoms with Gasteiger partial charge < -0.3 is 14.8 Å². The van der Waals surface area contributed by atoms with Crippen molar-refractivity contribution in [1.82, 2.24) is 0 Å². The van der Waals surface area contributed by atoms with Gasteiger partial charge in [-0.1, -0.05) is 12.1 Å². The van der Waals surface area contributed by atoms with Crippen LogP contribution in [0.15, 0.2) is 77.7 Å². The number of para-hydroxylation sites is 1. The number of ether oxygens (including phenoxy) is 2. The van der Waals surface area contributed by atoms with Gasteiger partial charge in [-0.15, -0.1) is 0 Å². The molecular formula is C23H24N2O5S. The Morgan fingerprint density at radius 3 is 2.16 bits per heavy atom. The third-order valence-corrected chi connectivity index (χ3v) is 6.41. The number of rotatable bonds is 8. The van der Waals surface area contributed by atoms with E-state index in [4.69, 9.17) is 9.47 Å². The van der Waals surface area contributed by atoms with E-state index in [2.05, 4.69) is 5.32 Å². The Bertz CT molecular complexity index is 1140. The Morgan fingerprint density at radius 1 is 0.935 bits per heavy atom. The van der Waals surface area contributed by atoms with Gasteiger partial charge in [0.05, 0.1) is 29.9 Å². The number of hydrogen-bond donors (Lipinski definition) is 1. The number of methoxy groups -OCH3 is 1. The summed E-state index contributed by atoms with van der Waals surface area (Å²) in [6, 6.07) is 19.6. The number of anilines is 2. The maximum absolute atomic E-state index is 13.1. The summed E-state index contributed by atoms with van der Waals surface area (Å²) in [5.41, 5.74) is 1.07. The van der Waals surface area contributed by atoms with Gasteiger partial charge in [0, 0.05) is 12.7 Å². The fraction of sp³-hybridized carbons (Fsp3) is 0.174. The zero-order valence-electron chi connectivity index (χ0n) is 17.5. The van der Waals surface area contributed by atoms with E-state index in [0.29, 0.717) is 23.8 Å². The first-order valence-corrected chi connectivity index (χ1v) is 11.1. The van der Waals surface area contributed by atoms with E-state index in [1.165, 1.54) is 19.2 Å². The molecule has 0 atom stereocenters. The monoisotopic (exact) mass is 440 g/mol. The fourth-order valence-corrected chi connectivity index (χ4v) is 4.19. The summed E-state index contributed by atoms with van der Waals surface area (Å²) >= 11 is 0. The maximum Gasteiger partial charge on any atom is 0.264 e. The van der Waals surface area contributed by atoms with Gasteiger partial charge in [-0.3, -0.25) is 9.10 Å². The Kier molecular flexibility index (Phi) is 6.81. The van der Waals surface area contributed by atoms with Gasteiger partial charge in [0.2, 0.25) is 0 Å². The molecule has 0 fully saturated rings. The van der Waals surface area contributed by atoms with E-state index < -0.39 is 15.9 Å². The SMILES string of the molecule is CCOc1ccc(S(=O)(=O)N(C)c2ccccc2C(=O)Nc2ccc(OC)cc2)cc1. The number of nitrogens with zero attached hydrogens (tertiary/aromatic N) is 1. The Morgan fingerprint density at radius 2 is 1.55 bits per heavy atom. The summed E-state index contributed by atoms with van der Waals surface area (Å²) in [6.07, 6.45) is 0. The van der Waals surface area contributed by atoms with Gasteiger partial charge in [-0.2, -0.15) is 0 Å². The number of hydrogen-bond acceptors (Lipinski definition) is 5. The van der Waals surface area contributed by atoms with Crippen molar-refractivity contribution in [2.75, 3.05) is 30.4 Å². The third kappa shape index (κ3) is 4.97. The van der Waals surface area contributed by atoms with Crippen LogP contribution in [-0.4, -0.2) is 35.1 Å². The summed E-state index contributed by atoms with van der Waals surface area (Å²) in [4.78, 5) is 13.0. The van der Waals surface area contributed by atoms with Crippen LogP contribution in [0, 0.1) is 0 Å². The smallest absolute Gasteiger partial charge is 0.264 e. The lowest BCUT2D eigenvalue weighted by atomic mass is 10.1. The molecule has 3 aromatic rings. The fourth-order valence-electron chi connectivity index (χ4n) is 2.98. The van der Waals surface area contributed by atoms with Crippen LogP contribution in [-0.2, 0) is 10.0 Å². The topological polar surface area (TPSA) is 84.9 Å². The summed E-state index contributed by atoms with van der Waals surface area (Å²) in [6.45, 7) is 2.34. The molecule has 162 valence electrons. The number of benzene rings is 3. The Hall–Kier alpha value is -3.52. The second-order valence-corrected chi connectivity index (χ2v) is 8.55. The van der Waals surface area contributed by atoms with Crippen molar-refractivity contribution in [2.24, 2.45) is 0 Å². The molecule has 7 nitrogen and oxygen atoms in total. The molecule has 0 aliphatic heterocycles. The first-order valence-electron chi connectivity index (χ1n) is 9.63. The van der Waals surface area contributed by atoms with Gasteiger partial charge in [0.1, 0.15) is 11.5 Å². The molecule has 0 unspecified atom stereocenters. The van der Waals surface area contributed by atoms with E-state index in [1.54, 1.807) is 67.8 Å². The van der Waals surface area contributed by atoms with Crippen molar-refractivity contribution < 1.29 is 22.7 Å². The van der Waals surface area contributed by atoms with Gasteiger partial charge in [-0.25, -0.2) is 8.42 Å². The van der Waals surface area contributed by atoms with Crippen LogP contribution in [0.3, 0.4) is 0 Å². The predicted molar refractivity (Wildman–Crippen MR) is 121 cm³/mol. The lowest BCUT2D eigenvalue weighted by Gasteiger charge is -2.22. The minimum atomic E-state index is -3.88. The van der Waals surface area contributed by atoms with Gasteiger partial charge in [0.25, 0.3) is 15.9 Å². The van der Waals surface area contributed by atoms with Gasteiger partial charge in [-0.05, 0) is 67.6 Å². The van der Waals surface area contributed by atoms with E-state index in [1.807, 2.05) is 6.92 Å². The van der Waals surface area contributed by atoms with Crippen molar-refractivity contribution >= 4 is 27.3 Å². The highest BCUT2D eigenvalue weighted by molar-refractivity contribution is 7.92. The molecular weight excluding hydrogens is 416 g/mol. The third-order valence-electron chi connectivity index (χ3n) is 4.63. The zero-order valence-corrected chi connectivity index (χ0v) is 18.3. The van der Waals surface area contributed by atoms with Crippen LogP contribution in [0.1, 0.15) is 17.3 Å². The van der Waals surface area contributed by atoms with Crippen LogP contribution >= 0.6 is 0 Å². The number of nitrogens with one attached hydrogen (secondary N) is 1. The van der Waals surface area contributed by atoms with Crippen LogP contribution in [0.25, 0.3) is 0 Å². The van der Waals surface area contributed by atoms with Gasteiger partial charge in [0.15, 0.2) is 0 Å². The molecule has 31 heavy (non-hydrogen) atoms. The molecule has 1 N–H and O–H groups in total. The molecule has 0 radical (unpaired) electrons. The second-order valence-electron chi connectivity index (χ2n) is 6.58. The average molecular weight is 441 g/mol. The molecule has 0 aliphatic rings. The van der Waals surface area contributed by atoms with Crippen molar-refractivity contribution in [3.05, 3.63) is 78.4 Å². The Labute approximate surface area is 182 Å². The van der Waals surface area contributed by atoms with Crippen molar-refractivity contribution in [3.63, 3.8) is 0 Å². The molecule has 0 spiro atoms. The summed E-state index contributed by atoms with van der Waals surface area (Å²) in [5, 5.41) is 2.78. The molecule has 0 aromatic heterocycles. The number of sulfonamides is 1. The van der Waals surface area contributed by atoms with Crippen LogP contribution in [0.5, 0.6) is 11.5 Å². The second kappa shape index (κ2) is 9.53. The van der Waals surface area contributed by atoms with Crippen molar-refractivity contribution in [1.29, 1.82) is 0 Å². The first-order chi connectivity index (χ1) is 14.9. The van der Waals surface area contributed by atoms with Crippen molar-refractivity contribution in [2.45, 2.75) is 11.8 Å². The molecule has 8 heteroatoms. The van der Waals surface area contributed by atoms with Gasteiger partial charge >= 0.3 is 0 Å². The number of carbonyl (C=O) groups excluding carboxylic acids is 1. The number of amides is 1. The molecule has 0 heterocycles. The largest absolute Gasteiger partial charge is 0.497 e. The quantitative estimate of drug-likeness (QED) is 0.568. The van der Waals surface area contributed by atoms with E-state index in [0.717, 1.165) is 4.31 Å². The highest BCUT2D eigenvalue weighted by Gasteiger charge is 2.25. The van der Waals surface area contributed by atoms with E-state index >= 15 is 0 Å². The lowest BCUT2D eigenvalue weighted by molar-refractivity contribution is 0.102. The molecule has 3 aromatic carbocycles. The normalized spacial score (nSPS) is 10.9. The Balaban J connectivity index is 1.87. The first kappa shape index (κ1) is 22.2. The summed E-state index contributed by atoms with van der Waals surface area (Å²) in [7, 11) is -0.898. The van der Waals surface area contributed by atoms with Crippen LogP contribution in [0.2, 0.25) is 0 Å². The molecule has 0 aliphatic carbocycles. The van der Waals surface area contributed by atoms with E-state index in [9.17, 15) is 13.2 Å². The van der Waals surface area contributed by atoms with E-state index in [-0.39, 0.29) is 16.1 Å². The standard InChI is InChI=1S/C23H24N2O5S/c1-4-30-19-13-15-20(16-14-19)31(27,28)25(2)22-8-6-5-7-21(22)23(26)24-17-9-11-18(29-3)12-10-17/h5-16H,4H2,1-3H3,(H,24,26). The minimum absolute atomic E-state index is 0.101. The average Bonchev–Trinajstić information content (AvgIpc) is 2.79. The highest BCUT2D eigenvalue weighted by Crippen LogP contribution is 2.27. The molecule has 0 saturated heterocycles. The molecule has 0 bridgehead atoms. The molecule has 3 rings (SSSR count). The molecule has 1 amide bonds. The maximum atomic E-state index is 13.1. The van der Waals surface area contributed by atoms with Crippen LogP contribution in [0.4, 0.5) is 11.4 Å². The summed E-state index contributed by atoms with van der Waals surface area (Å²) in [5.74, 6) is 0.831. The summed E-state index contributed by atoms with van der Waals surface area (Å²) < 4.78 is 37.9. The zero-order chi connectivity index (χ0) is 22.4. The van der Waals surface area contributed by atoms with Crippen LogP contribution < -0.4 is 19.1 Å². The van der Waals surface area contributed by atoms with Crippen molar-refractivity contribution in [3.8, 4) is 11.5 Å². The minimum Gasteiger partial charge on any atom is -0.497 e. The predicted octanol–water partition coefficient (Wildman–Crippen LogP) is 4.17. The number of carbonyl (C=O) groups is 1.